The van der Waals surface area contributed by atoms with E-state index >= 15 is 0 Å². The minimum absolute atomic E-state index is 0.0643. The molecular formula is C18H23N5O. The summed E-state index contributed by atoms with van der Waals surface area (Å²) in [7, 11) is 4.00. The zero-order valence-electron chi connectivity index (χ0n) is 14.1. The first-order valence-electron chi connectivity index (χ1n) is 8.19. The molecule has 1 aliphatic heterocycles. The molecule has 126 valence electrons. The Kier molecular flexibility index (Phi) is 5.05. The van der Waals surface area contributed by atoms with Gasteiger partial charge in [-0.25, -0.2) is 0 Å². The van der Waals surface area contributed by atoms with Gasteiger partial charge >= 0.3 is 0 Å². The minimum atomic E-state index is -0.0643. The molecule has 0 aromatic carbocycles. The van der Waals surface area contributed by atoms with Gasteiger partial charge in [0.05, 0.1) is 6.20 Å². The third-order valence-electron chi connectivity index (χ3n) is 4.34. The second kappa shape index (κ2) is 7.40. The van der Waals surface area contributed by atoms with Crippen LogP contribution in [0, 0.1) is 5.92 Å². The van der Waals surface area contributed by atoms with Gasteiger partial charge in [0.15, 0.2) is 0 Å². The average Bonchev–Trinajstić information content (AvgIpc) is 3.19. The van der Waals surface area contributed by atoms with E-state index in [1.54, 1.807) is 23.2 Å². The Bertz CT molecular complexity index is 737. The number of hydrogen-bond donors (Lipinski definition) is 1. The topological polar surface area (TPSA) is 63.1 Å². The normalized spacial score (nSPS) is 18.3. The summed E-state index contributed by atoms with van der Waals surface area (Å²) in [5.74, 6) is 0.488. The summed E-state index contributed by atoms with van der Waals surface area (Å²) in [5, 5.41) is 7.19. The standard InChI is InChI=1S/C18H23N5O/c1-22-8-6-14(12-22)9-20-18(24)4-3-15-10-19-7-5-17(15)16-11-21-23(2)13-16/h3-5,7,10-11,13-14H,6,8-9,12H2,1-2H3,(H,20,24). The predicted octanol–water partition coefficient (Wildman–Crippen LogP) is 1.56. The molecule has 1 aliphatic rings. The van der Waals surface area contributed by atoms with Crippen LogP contribution in [-0.2, 0) is 11.8 Å². The fraction of sp³-hybridized carbons (Fsp3) is 0.389. The van der Waals surface area contributed by atoms with Crippen molar-refractivity contribution in [3.63, 3.8) is 0 Å². The molecule has 1 amide bonds. The van der Waals surface area contributed by atoms with Crippen LogP contribution in [0.15, 0.2) is 36.9 Å². The van der Waals surface area contributed by atoms with E-state index in [0.29, 0.717) is 5.92 Å². The van der Waals surface area contributed by atoms with Crippen molar-refractivity contribution in [2.24, 2.45) is 13.0 Å². The molecule has 0 radical (unpaired) electrons. The highest BCUT2D eigenvalue weighted by atomic mass is 16.1. The zero-order chi connectivity index (χ0) is 16.9. The Morgan fingerprint density at radius 3 is 3.00 bits per heavy atom. The number of hydrogen-bond acceptors (Lipinski definition) is 4. The van der Waals surface area contributed by atoms with Gasteiger partial charge in [-0.15, -0.1) is 0 Å². The van der Waals surface area contributed by atoms with Crippen molar-refractivity contribution in [2.75, 3.05) is 26.7 Å². The van der Waals surface area contributed by atoms with E-state index in [2.05, 4.69) is 27.3 Å². The quantitative estimate of drug-likeness (QED) is 0.848. The van der Waals surface area contributed by atoms with Crippen LogP contribution in [0.3, 0.4) is 0 Å². The number of aromatic nitrogens is 3. The first kappa shape index (κ1) is 16.4. The second-order valence-electron chi connectivity index (χ2n) is 6.36. The van der Waals surface area contributed by atoms with Gasteiger partial charge in [0.25, 0.3) is 0 Å². The molecule has 3 heterocycles. The molecule has 0 aliphatic carbocycles. The van der Waals surface area contributed by atoms with Crippen molar-refractivity contribution >= 4 is 12.0 Å². The molecule has 3 rings (SSSR count). The number of aryl methyl sites for hydroxylation is 1. The Morgan fingerprint density at radius 2 is 2.29 bits per heavy atom. The Morgan fingerprint density at radius 1 is 1.42 bits per heavy atom. The Balaban J connectivity index is 1.63. The van der Waals surface area contributed by atoms with Gasteiger partial charge in [0.2, 0.25) is 5.91 Å². The summed E-state index contributed by atoms with van der Waals surface area (Å²) in [6.07, 6.45) is 11.8. The number of pyridine rings is 1. The molecule has 1 N–H and O–H groups in total. The summed E-state index contributed by atoms with van der Waals surface area (Å²) < 4.78 is 1.76. The molecule has 1 atom stereocenters. The third-order valence-corrected chi connectivity index (χ3v) is 4.34. The van der Waals surface area contributed by atoms with Crippen LogP contribution in [-0.4, -0.2) is 52.3 Å². The van der Waals surface area contributed by atoms with Crippen molar-refractivity contribution in [3.05, 3.63) is 42.5 Å². The SMILES string of the molecule is CN1CCC(CNC(=O)C=Cc2cnccc2-c2cnn(C)c2)C1. The fourth-order valence-electron chi connectivity index (χ4n) is 3.02. The first-order chi connectivity index (χ1) is 11.6. The summed E-state index contributed by atoms with van der Waals surface area (Å²) in [5.41, 5.74) is 2.93. The predicted molar refractivity (Wildman–Crippen MR) is 94.1 cm³/mol. The number of carbonyl (C=O) groups is 1. The Labute approximate surface area is 142 Å². The number of nitrogens with one attached hydrogen (secondary N) is 1. The highest BCUT2D eigenvalue weighted by Crippen LogP contribution is 2.23. The molecule has 6 heteroatoms. The molecule has 1 saturated heterocycles. The third kappa shape index (κ3) is 4.08. The maximum Gasteiger partial charge on any atom is 0.244 e. The van der Waals surface area contributed by atoms with Gasteiger partial charge in [-0.05, 0) is 43.6 Å². The second-order valence-corrected chi connectivity index (χ2v) is 6.36. The lowest BCUT2D eigenvalue weighted by atomic mass is 10.0. The number of nitrogens with zero attached hydrogens (tertiary/aromatic N) is 4. The number of rotatable bonds is 5. The molecule has 0 spiro atoms. The van der Waals surface area contributed by atoms with E-state index in [1.807, 2.05) is 31.6 Å². The van der Waals surface area contributed by atoms with Crippen molar-refractivity contribution in [3.8, 4) is 11.1 Å². The molecule has 2 aromatic rings. The molecule has 6 nitrogen and oxygen atoms in total. The molecule has 0 saturated carbocycles. The van der Waals surface area contributed by atoms with E-state index < -0.39 is 0 Å². The molecule has 1 fully saturated rings. The highest BCUT2D eigenvalue weighted by Gasteiger charge is 2.19. The zero-order valence-corrected chi connectivity index (χ0v) is 14.1. The fourth-order valence-corrected chi connectivity index (χ4v) is 3.02. The number of likely N-dealkylation sites (tertiary alicyclic amines) is 1. The number of carbonyl (C=O) groups excluding carboxylic acids is 1. The van der Waals surface area contributed by atoms with E-state index in [-0.39, 0.29) is 5.91 Å². The van der Waals surface area contributed by atoms with E-state index in [9.17, 15) is 4.79 Å². The van der Waals surface area contributed by atoms with Crippen LogP contribution in [0.1, 0.15) is 12.0 Å². The van der Waals surface area contributed by atoms with Crippen LogP contribution >= 0.6 is 0 Å². The van der Waals surface area contributed by atoms with E-state index in [0.717, 1.165) is 42.7 Å². The smallest absolute Gasteiger partial charge is 0.244 e. The van der Waals surface area contributed by atoms with Crippen LogP contribution < -0.4 is 5.32 Å². The van der Waals surface area contributed by atoms with Gasteiger partial charge in [-0.3, -0.25) is 14.5 Å². The molecule has 2 aromatic heterocycles. The van der Waals surface area contributed by atoms with Gasteiger partial charge in [0.1, 0.15) is 0 Å². The summed E-state index contributed by atoms with van der Waals surface area (Å²) >= 11 is 0. The van der Waals surface area contributed by atoms with Crippen molar-refractivity contribution < 1.29 is 4.79 Å². The average molecular weight is 325 g/mol. The number of amides is 1. The lowest BCUT2D eigenvalue weighted by molar-refractivity contribution is -0.116. The van der Waals surface area contributed by atoms with E-state index in [4.69, 9.17) is 0 Å². The van der Waals surface area contributed by atoms with Crippen LogP contribution in [0.25, 0.3) is 17.2 Å². The summed E-state index contributed by atoms with van der Waals surface area (Å²) in [6, 6.07) is 1.93. The summed E-state index contributed by atoms with van der Waals surface area (Å²) in [4.78, 5) is 18.5. The maximum atomic E-state index is 12.1. The van der Waals surface area contributed by atoms with Gasteiger partial charge in [-0.2, -0.15) is 5.10 Å². The minimum Gasteiger partial charge on any atom is -0.352 e. The Hall–Kier alpha value is -2.47. The van der Waals surface area contributed by atoms with E-state index in [1.165, 1.54) is 0 Å². The van der Waals surface area contributed by atoms with Crippen LogP contribution in [0.4, 0.5) is 0 Å². The van der Waals surface area contributed by atoms with Gasteiger partial charge in [0, 0.05) is 55.9 Å². The maximum absolute atomic E-state index is 12.1. The van der Waals surface area contributed by atoms with Crippen molar-refractivity contribution in [2.45, 2.75) is 6.42 Å². The molecule has 0 bridgehead atoms. The van der Waals surface area contributed by atoms with Gasteiger partial charge < -0.3 is 10.2 Å². The molecule has 1 unspecified atom stereocenters. The van der Waals surface area contributed by atoms with Crippen molar-refractivity contribution in [1.29, 1.82) is 0 Å². The molecule has 24 heavy (non-hydrogen) atoms. The molecular weight excluding hydrogens is 302 g/mol. The summed E-state index contributed by atoms with van der Waals surface area (Å²) in [6.45, 7) is 2.90. The van der Waals surface area contributed by atoms with Crippen LogP contribution in [0.5, 0.6) is 0 Å². The van der Waals surface area contributed by atoms with Crippen LogP contribution in [0.2, 0.25) is 0 Å². The van der Waals surface area contributed by atoms with Gasteiger partial charge in [-0.1, -0.05) is 0 Å². The first-order valence-corrected chi connectivity index (χ1v) is 8.19. The highest BCUT2D eigenvalue weighted by molar-refractivity contribution is 5.92. The van der Waals surface area contributed by atoms with Crippen molar-refractivity contribution in [1.82, 2.24) is 25.0 Å². The monoisotopic (exact) mass is 325 g/mol. The lowest BCUT2D eigenvalue weighted by Crippen LogP contribution is -2.29. The lowest BCUT2D eigenvalue weighted by Gasteiger charge is -2.10. The largest absolute Gasteiger partial charge is 0.352 e.